The second-order valence-corrected chi connectivity index (χ2v) is 8.41. The number of carbonyl (C=O) groups is 2. The van der Waals surface area contributed by atoms with Crippen LogP contribution in [-0.4, -0.2) is 29.3 Å². The summed E-state index contributed by atoms with van der Waals surface area (Å²) in [5, 5.41) is 3.94. The van der Waals surface area contributed by atoms with E-state index >= 15 is 0 Å². The topological polar surface area (TPSA) is 49.4 Å². The summed E-state index contributed by atoms with van der Waals surface area (Å²) in [6.07, 6.45) is 2.84. The Morgan fingerprint density at radius 1 is 1.10 bits per heavy atom. The lowest BCUT2D eigenvalue weighted by Gasteiger charge is -2.29. The van der Waals surface area contributed by atoms with E-state index in [-0.39, 0.29) is 18.4 Å². The minimum absolute atomic E-state index is 0.0836. The maximum Gasteiger partial charge on any atom is 0.242 e. The lowest BCUT2D eigenvalue weighted by atomic mass is 10.1. The van der Waals surface area contributed by atoms with Gasteiger partial charge in [0.15, 0.2) is 0 Å². The molecule has 4 nitrogen and oxygen atoms in total. The number of hydrogen-bond donors (Lipinski definition) is 1. The molecule has 2 aromatic carbocycles. The van der Waals surface area contributed by atoms with Crippen LogP contribution in [-0.2, 0) is 22.6 Å². The Morgan fingerprint density at radius 2 is 1.80 bits per heavy atom. The van der Waals surface area contributed by atoms with Gasteiger partial charge in [-0.05, 0) is 49.9 Å². The first kappa shape index (κ1) is 24.2. The van der Waals surface area contributed by atoms with Crippen molar-refractivity contribution in [2.45, 2.75) is 59.0 Å². The van der Waals surface area contributed by atoms with E-state index in [1.165, 1.54) is 5.56 Å². The number of benzene rings is 2. The first-order valence-electron chi connectivity index (χ1n) is 10.4. The SMILES string of the molecule is CCCCNC(=O)C(C)N(Cc1ccc(Cl)cc1Cl)C(=O)CCc1ccc(C)cc1. The van der Waals surface area contributed by atoms with Crippen molar-refractivity contribution >= 4 is 35.0 Å². The predicted octanol–water partition coefficient (Wildman–Crippen LogP) is 5.57. The summed E-state index contributed by atoms with van der Waals surface area (Å²) >= 11 is 12.3. The Kier molecular flexibility index (Phi) is 9.67. The lowest BCUT2D eigenvalue weighted by Crippen LogP contribution is -2.47. The van der Waals surface area contributed by atoms with Gasteiger partial charge < -0.3 is 10.2 Å². The molecule has 2 rings (SSSR count). The van der Waals surface area contributed by atoms with Gasteiger partial charge in [-0.1, -0.05) is 72.4 Å². The van der Waals surface area contributed by atoms with E-state index in [9.17, 15) is 9.59 Å². The molecule has 0 aliphatic heterocycles. The van der Waals surface area contributed by atoms with Gasteiger partial charge >= 0.3 is 0 Å². The zero-order chi connectivity index (χ0) is 22.1. The van der Waals surface area contributed by atoms with Crippen LogP contribution in [0.25, 0.3) is 0 Å². The van der Waals surface area contributed by atoms with Crippen molar-refractivity contribution in [2.75, 3.05) is 6.54 Å². The molecule has 162 valence electrons. The second-order valence-electron chi connectivity index (χ2n) is 7.56. The molecular formula is C24H30Cl2N2O2. The van der Waals surface area contributed by atoms with Gasteiger partial charge in [-0.25, -0.2) is 0 Å². The second kappa shape index (κ2) is 12.0. The summed E-state index contributed by atoms with van der Waals surface area (Å²) in [7, 11) is 0. The molecule has 0 saturated heterocycles. The van der Waals surface area contributed by atoms with E-state index in [0.29, 0.717) is 29.4 Å². The number of halogens is 2. The largest absolute Gasteiger partial charge is 0.354 e. The van der Waals surface area contributed by atoms with Crippen LogP contribution >= 0.6 is 23.2 Å². The van der Waals surface area contributed by atoms with Crippen molar-refractivity contribution in [2.24, 2.45) is 0 Å². The van der Waals surface area contributed by atoms with Gasteiger partial charge in [-0.3, -0.25) is 9.59 Å². The average molecular weight is 449 g/mol. The van der Waals surface area contributed by atoms with Crippen molar-refractivity contribution in [1.29, 1.82) is 0 Å². The van der Waals surface area contributed by atoms with Crippen LogP contribution in [0.1, 0.15) is 49.8 Å². The van der Waals surface area contributed by atoms with E-state index in [1.54, 1.807) is 30.0 Å². The monoisotopic (exact) mass is 448 g/mol. The van der Waals surface area contributed by atoms with Gasteiger partial charge in [0.2, 0.25) is 11.8 Å². The highest BCUT2D eigenvalue weighted by molar-refractivity contribution is 6.35. The van der Waals surface area contributed by atoms with Gasteiger partial charge in [0.05, 0.1) is 0 Å². The van der Waals surface area contributed by atoms with Crippen molar-refractivity contribution < 1.29 is 9.59 Å². The number of nitrogens with one attached hydrogen (secondary N) is 1. The number of unbranched alkanes of at least 4 members (excludes halogenated alkanes) is 1. The summed E-state index contributed by atoms with van der Waals surface area (Å²) in [6, 6.07) is 12.7. The minimum Gasteiger partial charge on any atom is -0.354 e. The molecule has 0 heterocycles. The maximum absolute atomic E-state index is 13.1. The van der Waals surface area contributed by atoms with E-state index in [4.69, 9.17) is 23.2 Å². The highest BCUT2D eigenvalue weighted by Crippen LogP contribution is 2.23. The van der Waals surface area contributed by atoms with Crippen LogP contribution in [0.3, 0.4) is 0 Å². The number of rotatable bonds is 10. The molecule has 0 aliphatic rings. The minimum atomic E-state index is -0.598. The van der Waals surface area contributed by atoms with Gasteiger partial charge in [-0.15, -0.1) is 0 Å². The Morgan fingerprint density at radius 3 is 2.43 bits per heavy atom. The normalized spacial score (nSPS) is 11.8. The third kappa shape index (κ3) is 7.33. The molecule has 0 fully saturated rings. The number of aryl methyl sites for hydroxylation is 2. The fourth-order valence-electron chi connectivity index (χ4n) is 3.10. The first-order valence-corrected chi connectivity index (χ1v) is 11.1. The fraction of sp³-hybridized carbons (Fsp3) is 0.417. The highest BCUT2D eigenvalue weighted by atomic mass is 35.5. The quantitative estimate of drug-likeness (QED) is 0.483. The maximum atomic E-state index is 13.1. The Labute approximate surface area is 189 Å². The van der Waals surface area contributed by atoms with E-state index in [1.807, 2.05) is 31.2 Å². The molecule has 0 radical (unpaired) electrons. The smallest absolute Gasteiger partial charge is 0.242 e. The summed E-state index contributed by atoms with van der Waals surface area (Å²) in [5.74, 6) is -0.239. The predicted molar refractivity (Wildman–Crippen MR) is 124 cm³/mol. The standard InChI is InChI=1S/C24H30Cl2N2O2/c1-4-5-14-27-24(30)18(3)28(16-20-11-12-21(25)15-22(20)26)23(29)13-10-19-8-6-17(2)7-9-19/h6-9,11-12,15,18H,4-5,10,13-14,16H2,1-3H3,(H,27,30). The number of hydrogen-bond acceptors (Lipinski definition) is 2. The lowest BCUT2D eigenvalue weighted by molar-refractivity contribution is -0.140. The van der Waals surface area contributed by atoms with Crippen molar-refractivity contribution in [1.82, 2.24) is 10.2 Å². The van der Waals surface area contributed by atoms with Gasteiger partial charge in [0, 0.05) is 29.6 Å². The number of amides is 2. The Balaban J connectivity index is 2.14. The molecular weight excluding hydrogens is 419 g/mol. The summed E-state index contributed by atoms with van der Waals surface area (Å²) in [5.41, 5.74) is 3.04. The van der Waals surface area contributed by atoms with Crippen LogP contribution in [0.5, 0.6) is 0 Å². The zero-order valence-electron chi connectivity index (χ0n) is 17.9. The molecule has 0 saturated carbocycles. The Hall–Kier alpha value is -2.04. The van der Waals surface area contributed by atoms with Crippen LogP contribution in [0, 0.1) is 6.92 Å². The summed E-state index contributed by atoms with van der Waals surface area (Å²) in [6.45, 7) is 6.72. The highest BCUT2D eigenvalue weighted by Gasteiger charge is 2.26. The van der Waals surface area contributed by atoms with E-state index in [0.717, 1.165) is 24.0 Å². The molecule has 2 amide bonds. The average Bonchev–Trinajstić information content (AvgIpc) is 2.72. The van der Waals surface area contributed by atoms with Gasteiger partial charge in [-0.2, -0.15) is 0 Å². The molecule has 0 aliphatic carbocycles. The molecule has 2 aromatic rings. The van der Waals surface area contributed by atoms with Crippen molar-refractivity contribution in [3.05, 3.63) is 69.2 Å². The third-order valence-electron chi connectivity index (χ3n) is 5.10. The van der Waals surface area contributed by atoms with Crippen molar-refractivity contribution in [3.8, 4) is 0 Å². The number of carbonyl (C=O) groups excluding carboxylic acids is 2. The van der Waals surface area contributed by atoms with Crippen molar-refractivity contribution in [3.63, 3.8) is 0 Å². The third-order valence-corrected chi connectivity index (χ3v) is 5.69. The number of nitrogens with zero attached hydrogens (tertiary/aromatic N) is 1. The fourth-order valence-corrected chi connectivity index (χ4v) is 3.57. The zero-order valence-corrected chi connectivity index (χ0v) is 19.4. The van der Waals surface area contributed by atoms with Crippen LogP contribution in [0.15, 0.2) is 42.5 Å². The molecule has 0 bridgehead atoms. The molecule has 1 unspecified atom stereocenters. The van der Waals surface area contributed by atoms with E-state index in [2.05, 4.69) is 12.2 Å². The molecule has 6 heteroatoms. The van der Waals surface area contributed by atoms with Gasteiger partial charge in [0.1, 0.15) is 6.04 Å². The Bertz CT molecular complexity index is 853. The summed E-state index contributed by atoms with van der Waals surface area (Å²) < 4.78 is 0. The summed E-state index contributed by atoms with van der Waals surface area (Å²) in [4.78, 5) is 27.4. The molecule has 1 atom stereocenters. The van der Waals surface area contributed by atoms with Crippen LogP contribution < -0.4 is 5.32 Å². The first-order chi connectivity index (χ1) is 14.3. The molecule has 30 heavy (non-hydrogen) atoms. The molecule has 1 N–H and O–H groups in total. The van der Waals surface area contributed by atoms with Crippen LogP contribution in [0.4, 0.5) is 0 Å². The van der Waals surface area contributed by atoms with Crippen LogP contribution in [0.2, 0.25) is 10.0 Å². The van der Waals surface area contributed by atoms with Gasteiger partial charge in [0.25, 0.3) is 0 Å². The van der Waals surface area contributed by atoms with E-state index < -0.39 is 6.04 Å². The molecule has 0 spiro atoms. The molecule has 0 aromatic heterocycles.